The lowest BCUT2D eigenvalue weighted by atomic mass is 10.3. The summed E-state index contributed by atoms with van der Waals surface area (Å²) < 4.78 is 10.8. The molecule has 2 rings (SSSR count). The largest absolute Gasteiger partial charge is 0.491 e. The van der Waals surface area contributed by atoms with Gasteiger partial charge in [-0.3, -0.25) is 0 Å². The van der Waals surface area contributed by atoms with Gasteiger partial charge in [0.1, 0.15) is 36.9 Å². The Morgan fingerprint density at radius 2 is 1.00 bits per heavy atom. The van der Waals surface area contributed by atoms with Gasteiger partial charge in [0.25, 0.3) is 0 Å². The maximum absolute atomic E-state index is 9.28. The molecular formula is C20H26O6S2. The van der Waals surface area contributed by atoms with E-state index in [4.69, 9.17) is 19.7 Å². The van der Waals surface area contributed by atoms with Crippen LogP contribution >= 0.6 is 23.5 Å². The van der Waals surface area contributed by atoms with Gasteiger partial charge in [-0.1, -0.05) is 0 Å². The Balaban J connectivity index is 1.65. The highest BCUT2D eigenvalue weighted by Crippen LogP contribution is 2.26. The molecule has 6 nitrogen and oxygen atoms in total. The molecule has 0 amide bonds. The molecule has 0 fully saturated rings. The lowest BCUT2D eigenvalue weighted by molar-refractivity contribution is 0.0536. The second-order valence-electron chi connectivity index (χ2n) is 5.93. The highest BCUT2D eigenvalue weighted by Gasteiger charge is 2.04. The molecule has 0 aliphatic carbocycles. The molecule has 4 N–H and O–H groups in total. The van der Waals surface area contributed by atoms with Crippen molar-refractivity contribution in [3.05, 3.63) is 48.5 Å². The van der Waals surface area contributed by atoms with Crippen molar-refractivity contribution in [1.82, 2.24) is 0 Å². The van der Waals surface area contributed by atoms with E-state index in [0.717, 1.165) is 21.3 Å². The molecule has 154 valence electrons. The average Bonchev–Trinajstić information content (AvgIpc) is 2.74. The third-order valence-corrected chi connectivity index (χ3v) is 5.86. The average molecular weight is 427 g/mol. The summed E-state index contributed by atoms with van der Waals surface area (Å²) in [5.74, 6) is 3.24. The van der Waals surface area contributed by atoms with Gasteiger partial charge in [0.15, 0.2) is 0 Å². The molecular weight excluding hydrogens is 400 g/mol. The van der Waals surface area contributed by atoms with E-state index in [1.165, 1.54) is 0 Å². The summed E-state index contributed by atoms with van der Waals surface area (Å²) in [6, 6.07) is 15.3. The fourth-order valence-corrected chi connectivity index (χ4v) is 3.87. The first-order valence-corrected chi connectivity index (χ1v) is 10.9. The molecule has 0 aromatic heterocycles. The first-order chi connectivity index (χ1) is 13.6. The van der Waals surface area contributed by atoms with Gasteiger partial charge in [-0.2, -0.15) is 0 Å². The van der Waals surface area contributed by atoms with Crippen molar-refractivity contribution in [3.63, 3.8) is 0 Å². The van der Waals surface area contributed by atoms with Crippen LogP contribution in [-0.4, -0.2) is 70.6 Å². The van der Waals surface area contributed by atoms with E-state index < -0.39 is 12.2 Å². The van der Waals surface area contributed by atoms with E-state index in [9.17, 15) is 10.2 Å². The molecule has 2 unspecified atom stereocenters. The Morgan fingerprint density at radius 1 is 0.643 bits per heavy atom. The minimum absolute atomic E-state index is 0.0749. The number of hydrogen-bond donors (Lipinski definition) is 4. The van der Waals surface area contributed by atoms with Crippen LogP contribution in [0.15, 0.2) is 58.3 Å². The molecule has 2 atom stereocenters. The molecule has 0 saturated heterocycles. The van der Waals surface area contributed by atoms with Crippen LogP contribution in [0.4, 0.5) is 0 Å². The normalized spacial score (nSPS) is 13.1. The second kappa shape index (κ2) is 12.9. The Morgan fingerprint density at radius 3 is 1.32 bits per heavy atom. The Kier molecular flexibility index (Phi) is 10.6. The fourth-order valence-electron chi connectivity index (χ4n) is 2.07. The Bertz CT molecular complexity index is 606. The SMILES string of the molecule is OCC(O)COc1ccc(SCCSc2ccc(OCC(O)CO)cc2)cc1. The predicted molar refractivity (Wildman–Crippen MR) is 112 cm³/mol. The molecule has 0 bridgehead atoms. The number of ether oxygens (including phenoxy) is 2. The van der Waals surface area contributed by atoms with Crippen molar-refractivity contribution in [2.24, 2.45) is 0 Å². The summed E-state index contributed by atoms with van der Waals surface area (Å²) in [5.41, 5.74) is 0. The van der Waals surface area contributed by atoms with Gasteiger partial charge in [0.2, 0.25) is 0 Å². The molecule has 0 heterocycles. The van der Waals surface area contributed by atoms with E-state index in [-0.39, 0.29) is 26.4 Å². The minimum atomic E-state index is -0.862. The first kappa shape index (κ1) is 22.9. The lowest BCUT2D eigenvalue weighted by Gasteiger charge is -2.10. The van der Waals surface area contributed by atoms with E-state index in [1.54, 1.807) is 23.5 Å². The number of aliphatic hydroxyl groups is 4. The fraction of sp³-hybridized carbons (Fsp3) is 0.400. The number of thioether (sulfide) groups is 2. The van der Waals surface area contributed by atoms with Gasteiger partial charge in [-0.15, -0.1) is 23.5 Å². The molecule has 0 spiro atoms. The van der Waals surface area contributed by atoms with E-state index in [2.05, 4.69) is 0 Å². The summed E-state index contributed by atoms with van der Waals surface area (Å²) in [6.07, 6.45) is -1.72. The summed E-state index contributed by atoms with van der Waals surface area (Å²) in [7, 11) is 0. The molecule has 0 saturated carbocycles. The number of rotatable bonds is 13. The van der Waals surface area contributed by atoms with Crippen LogP contribution in [0.2, 0.25) is 0 Å². The van der Waals surface area contributed by atoms with Crippen LogP contribution in [0.3, 0.4) is 0 Å². The predicted octanol–water partition coefficient (Wildman–Crippen LogP) is 2.04. The van der Waals surface area contributed by atoms with Crippen LogP contribution < -0.4 is 9.47 Å². The van der Waals surface area contributed by atoms with Crippen molar-refractivity contribution in [3.8, 4) is 11.5 Å². The summed E-state index contributed by atoms with van der Waals surface area (Å²) in [4.78, 5) is 2.28. The van der Waals surface area contributed by atoms with Gasteiger partial charge in [0, 0.05) is 21.3 Å². The lowest BCUT2D eigenvalue weighted by Crippen LogP contribution is -2.21. The van der Waals surface area contributed by atoms with Gasteiger partial charge in [0.05, 0.1) is 13.2 Å². The van der Waals surface area contributed by atoms with Gasteiger partial charge in [-0.05, 0) is 48.5 Å². The van der Waals surface area contributed by atoms with Crippen LogP contribution in [0, 0.1) is 0 Å². The maximum atomic E-state index is 9.28. The number of benzene rings is 2. The highest BCUT2D eigenvalue weighted by atomic mass is 32.2. The van der Waals surface area contributed by atoms with E-state index in [0.29, 0.717) is 11.5 Å². The molecule has 0 aliphatic heterocycles. The van der Waals surface area contributed by atoms with Crippen molar-refractivity contribution in [2.75, 3.05) is 37.9 Å². The van der Waals surface area contributed by atoms with E-state index >= 15 is 0 Å². The highest BCUT2D eigenvalue weighted by molar-refractivity contribution is 8.03. The number of aliphatic hydroxyl groups excluding tert-OH is 4. The number of hydrogen-bond acceptors (Lipinski definition) is 8. The first-order valence-electron chi connectivity index (χ1n) is 8.90. The zero-order valence-electron chi connectivity index (χ0n) is 15.4. The zero-order valence-corrected chi connectivity index (χ0v) is 17.1. The van der Waals surface area contributed by atoms with Crippen molar-refractivity contribution in [1.29, 1.82) is 0 Å². The van der Waals surface area contributed by atoms with Gasteiger partial charge in [-0.25, -0.2) is 0 Å². The smallest absolute Gasteiger partial charge is 0.119 e. The molecule has 28 heavy (non-hydrogen) atoms. The Labute approximate surface area is 173 Å². The molecule has 2 aromatic carbocycles. The minimum Gasteiger partial charge on any atom is -0.491 e. The quantitative estimate of drug-likeness (QED) is 0.285. The molecule has 0 aliphatic rings. The van der Waals surface area contributed by atoms with Gasteiger partial charge < -0.3 is 29.9 Å². The third-order valence-electron chi connectivity index (χ3n) is 3.57. The van der Waals surface area contributed by atoms with Crippen LogP contribution in [0.5, 0.6) is 11.5 Å². The summed E-state index contributed by atoms with van der Waals surface area (Å²) in [6.45, 7) is -0.473. The van der Waals surface area contributed by atoms with Crippen molar-refractivity contribution >= 4 is 23.5 Å². The van der Waals surface area contributed by atoms with Gasteiger partial charge >= 0.3 is 0 Å². The molecule has 2 aromatic rings. The van der Waals surface area contributed by atoms with Crippen molar-refractivity contribution in [2.45, 2.75) is 22.0 Å². The monoisotopic (exact) mass is 426 g/mol. The van der Waals surface area contributed by atoms with Crippen LogP contribution in [0.25, 0.3) is 0 Å². The zero-order chi connectivity index (χ0) is 20.2. The summed E-state index contributed by atoms with van der Waals surface area (Å²) in [5, 5.41) is 36.1. The molecule has 8 heteroatoms. The molecule has 0 radical (unpaired) electrons. The standard InChI is InChI=1S/C20H26O6S2/c21-11-15(23)13-25-17-1-5-19(6-2-17)27-9-10-28-20-7-3-18(4-8-20)26-14-16(24)12-22/h1-8,15-16,21-24H,9-14H2. The maximum Gasteiger partial charge on any atom is 0.119 e. The van der Waals surface area contributed by atoms with Crippen LogP contribution in [-0.2, 0) is 0 Å². The second-order valence-corrected chi connectivity index (χ2v) is 8.27. The topological polar surface area (TPSA) is 99.4 Å². The third kappa shape index (κ3) is 8.72. The summed E-state index contributed by atoms with van der Waals surface area (Å²) >= 11 is 3.50. The van der Waals surface area contributed by atoms with Crippen LogP contribution in [0.1, 0.15) is 0 Å². The van der Waals surface area contributed by atoms with Crippen molar-refractivity contribution < 1.29 is 29.9 Å². The Hall–Kier alpha value is -1.42. The van der Waals surface area contributed by atoms with E-state index in [1.807, 2.05) is 48.5 Å².